The van der Waals surface area contributed by atoms with Gasteiger partial charge < -0.3 is 10.5 Å². The minimum absolute atomic E-state index is 0.104. The third kappa shape index (κ3) is 3.91. The Morgan fingerprint density at radius 2 is 2.11 bits per heavy atom. The fourth-order valence-corrected chi connectivity index (χ4v) is 4.61. The Labute approximate surface area is 111 Å². The Hall–Kier alpha value is -0.170. The summed E-state index contributed by atoms with van der Waals surface area (Å²) >= 11 is 0. The molecule has 1 rings (SSSR count). The van der Waals surface area contributed by atoms with Crippen molar-refractivity contribution < 1.29 is 13.2 Å². The Kier molecular flexibility index (Phi) is 6.55. The van der Waals surface area contributed by atoms with Gasteiger partial charge in [-0.15, -0.1) is 0 Å². The van der Waals surface area contributed by atoms with Gasteiger partial charge in [0.2, 0.25) is 10.0 Å². The molecule has 1 aliphatic carbocycles. The summed E-state index contributed by atoms with van der Waals surface area (Å²) in [6.45, 7) is 3.51. The lowest BCUT2D eigenvalue weighted by molar-refractivity contribution is 0.198. The number of ether oxygens (including phenoxy) is 1. The first-order chi connectivity index (χ1) is 8.56. The van der Waals surface area contributed by atoms with Gasteiger partial charge in [-0.3, -0.25) is 0 Å². The van der Waals surface area contributed by atoms with Crippen molar-refractivity contribution in [1.29, 1.82) is 0 Å². The maximum absolute atomic E-state index is 12.3. The van der Waals surface area contributed by atoms with E-state index in [0.717, 1.165) is 19.3 Å². The van der Waals surface area contributed by atoms with Crippen LogP contribution in [-0.4, -0.2) is 51.3 Å². The highest BCUT2D eigenvalue weighted by molar-refractivity contribution is 7.89. The second-order valence-electron chi connectivity index (χ2n) is 4.86. The number of hydrogen-bond donors (Lipinski definition) is 1. The van der Waals surface area contributed by atoms with E-state index in [1.165, 1.54) is 0 Å². The van der Waals surface area contributed by atoms with Crippen LogP contribution in [0.15, 0.2) is 0 Å². The van der Waals surface area contributed by atoms with Gasteiger partial charge in [0.1, 0.15) is 0 Å². The standard InChI is InChI=1S/C12H26N2O3S/c1-3-14(12-7-4-6-11(12)10-13)18(15,16)9-5-8-17-2/h11-12H,3-10,13H2,1-2H3. The fourth-order valence-electron chi connectivity index (χ4n) is 2.81. The lowest BCUT2D eigenvalue weighted by Crippen LogP contribution is -2.45. The van der Waals surface area contributed by atoms with Crippen molar-refractivity contribution in [2.75, 3.05) is 32.6 Å². The van der Waals surface area contributed by atoms with Crippen LogP contribution in [0.2, 0.25) is 0 Å². The average Bonchev–Trinajstić information content (AvgIpc) is 2.78. The molecule has 2 unspecified atom stereocenters. The topological polar surface area (TPSA) is 72.6 Å². The highest BCUT2D eigenvalue weighted by Crippen LogP contribution is 2.31. The maximum Gasteiger partial charge on any atom is 0.214 e. The van der Waals surface area contributed by atoms with E-state index in [1.807, 2.05) is 6.92 Å². The van der Waals surface area contributed by atoms with Gasteiger partial charge in [-0.05, 0) is 31.7 Å². The molecule has 1 aliphatic rings. The molecule has 0 amide bonds. The molecule has 108 valence electrons. The zero-order valence-electron chi connectivity index (χ0n) is 11.5. The summed E-state index contributed by atoms with van der Waals surface area (Å²) in [7, 11) is -1.58. The van der Waals surface area contributed by atoms with E-state index < -0.39 is 10.0 Å². The van der Waals surface area contributed by atoms with Crippen LogP contribution in [0.1, 0.15) is 32.6 Å². The maximum atomic E-state index is 12.3. The normalized spacial score (nSPS) is 24.9. The molecule has 0 aromatic rings. The van der Waals surface area contributed by atoms with Crippen LogP contribution >= 0.6 is 0 Å². The Bertz CT molecular complexity index is 332. The van der Waals surface area contributed by atoms with Crippen LogP contribution in [0.5, 0.6) is 0 Å². The summed E-state index contributed by atoms with van der Waals surface area (Å²) in [5, 5.41) is 0. The van der Waals surface area contributed by atoms with E-state index in [-0.39, 0.29) is 11.8 Å². The van der Waals surface area contributed by atoms with Crippen molar-refractivity contribution in [3.05, 3.63) is 0 Å². The zero-order chi connectivity index (χ0) is 13.6. The lowest BCUT2D eigenvalue weighted by Gasteiger charge is -2.30. The van der Waals surface area contributed by atoms with Gasteiger partial charge >= 0.3 is 0 Å². The number of sulfonamides is 1. The van der Waals surface area contributed by atoms with Crippen molar-refractivity contribution in [3.63, 3.8) is 0 Å². The molecule has 18 heavy (non-hydrogen) atoms. The van der Waals surface area contributed by atoms with Crippen molar-refractivity contribution >= 4 is 10.0 Å². The summed E-state index contributed by atoms with van der Waals surface area (Å²) in [5.41, 5.74) is 5.74. The molecular weight excluding hydrogens is 252 g/mol. The Morgan fingerprint density at radius 1 is 1.39 bits per heavy atom. The van der Waals surface area contributed by atoms with Crippen LogP contribution in [0.25, 0.3) is 0 Å². The van der Waals surface area contributed by atoms with E-state index in [1.54, 1.807) is 11.4 Å². The fraction of sp³-hybridized carbons (Fsp3) is 1.00. The van der Waals surface area contributed by atoms with Gasteiger partial charge in [0.15, 0.2) is 0 Å². The van der Waals surface area contributed by atoms with E-state index in [0.29, 0.717) is 32.0 Å². The minimum atomic E-state index is -3.17. The van der Waals surface area contributed by atoms with Gasteiger partial charge in [-0.2, -0.15) is 4.31 Å². The van der Waals surface area contributed by atoms with Crippen LogP contribution in [-0.2, 0) is 14.8 Å². The monoisotopic (exact) mass is 278 g/mol. The third-order valence-electron chi connectivity index (χ3n) is 3.71. The molecule has 2 atom stereocenters. The van der Waals surface area contributed by atoms with E-state index in [2.05, 4.69) is 0 Å². The Balaban J connectivity index is 2.69. The van der Waals surface area contributed by atoms with E-state index in [4.69, 9.17) is 10.5 Å². The Morgan fingerprint density at radius 3 is 2.67 bits per heavy atom. The van der Waals surface area contributed by atoms with Crippen LogP contribution in [0.3, 0.4) is 0 Å². The van der Waals surface area contributed by atoms with Crippen LogP contribution < -0.4 is 5.73 Å². The molecule has 1 fully saturated rings. The first-order valence-electron chi connectivity index (χ1n) is 6.75. The molecule has 0 spiro atoms. The molecule has 0 saturated heterocycles. The number of methoxy groups -OCH3 is 1. The number of hydrogen-bond acceptors (Lipinski definition) is 4. The predicted octanol–water partition coefficient (Wildman–Crippen LogP) is 0.802. The van der Waals surface area contributed by atoms with Crippen molar-refractivity contribution in [1.82, 2.24) is 4.31 Å². The summed E-state index contributed by atoms with van der Waals surface area (Å²) in [5.74, 6) is 0.491. The summed E-state index contributed by atoms with van der Waals surface area (Å²) in [6, 6.07) is 0.104. The molecular formula is C12H26N2O3S. The van der Waals surface area contributed by atoms with Crippen molar-refractivity contribution in [2.24, 2.45) is 11.7 Å². The lowest BCUT2D eigenvalue weighted by atomic mass is 10.0. The van der Waals surface area contributed by atoms with Gasteiger partial charge in [0.05, 0.1) is 5.75 Å². The molecule has 0 heterocycles. The molecule has 2 N–H and O–H groups in total. The first kappa shape index (κ1) is 15.9. The largest absolute Gasteiger partial charge is 0.385 e. The van der Waals surface area contributed by atoms with E-state index >= 15 is 0 Å². The van der Waals surface area contributed by atoms with Gasteiger partial charge in [0.25, 0.3) is 0 Å². The SMILES string of the molecule is CCN(C1CCCC1CN)S(=O)(=O)CCCOC. The molecule has 5 nitrogen and oxygen atoms in total. The number of rotatable bonds is 8. The summed E-state index contributed by atoms with van der Waals surface area (Å²) in [4.78, 5) is 0. The smallest absolute Gasteiger partial charge is 0.214 e. The van der Waals surface area contributed by atoms with Crippen LogP contribution in [0, 0.1) is 5.92 Å². The second-order valence-corrected chi connectivity index (χ2v) is 6.90. The minimum Gasteiger partial charge on any atom is -0.385 e. The molecule has 0 aliphatic heterocycles. The predicted molar refractivity (Wildman–Crippen MR) is 72.8 cm³/mol. The number of nitrogens with zero attached hydrogens (tertiary/aromatic N) is 1. The molecule has 1 saturated carbocycles. The quantitative estimate of drug-likeness (QED) is 0.667. The van der Waals surface area contributed by atoms with Gasteiger partial charge in [-0.1, -0.05) is 13.3 Å². The number of nitrogens with two attached hydrogens (primary N) is 1. The highest BCUT2D eigenvalue weighted by atomic mass is 32.2. The molecule has 6 heteroatoms. The molecule has 0 bridgehead atoms. The molecule has 0 radical (unpaired) electrons. The molecule has 0 aromatic carbocycles. The average molecular weight is 278 g/mol. The van der Waals surface area contributed by atoms with E-state index in [9.17, 15) is 8.42 Å². The first-order valence-corrected chi connectivity index (χ1v) is 8.36. The third-order valence-corrected chi connectivity index (χ3v) is 5.76. The van der Waals surface area contributed by atoms with Gasteiger partial charge in [-0.25, -0.2) is 8.42 Å². The van der Waals surface area contributed by atoms with Crippen LogP contribution in [0.4, 0.5) is 0 Å². The second kappa shape index (κ2) is 7.43. The summed E-state index contributed by atoms with van der Waals surface area (Å²) < 4.78 is 31.2. The zero-order valence-corrected chi connectivity index (χ0v) is 12.3. The summed E-state index contributed by atoms with van der Waals surface area (Å²) in [6.07, 6.45) is 3.62. The highest BCUT2D eigenvalue weighted by Gasteiger charge is 2.36. The van der Waals surface area contributed by atoms with Crippen molar-refractivity contribution in [2.45, 2.75) is 38.6 Å². The van der Waals surface area contributed by atoms with Crippen molar-refractivity contribution in [3.8, 4) is 0 Å². The van der Waals surface area contributed by atoms with Gasteiger partial charge in [0, 0.05) is 26.3 Å². The molecule has 0 aromatic heterocycles.